The minimum atomic E-state index is -1.11. The van der Waals surface area contributed by atoms with Crippen molar-refractivity contribution in [1.29, 1.82) is 0 Å². The lowest BCUT2D eigenvalue weighted by Gasteiger charge is -2.29. The van der Waals surface area contributed by atoms with Gasteiger partial charge in [0, 0.05) is 32.7 Å². The molecule has 1 aromatic carbocycles. The fraction of sp³-hybridized carbons (Fsp3) is 0.579. The highest BCUT2D eigenvalue weighted by Crippen LogP contribution is 2.13. The summed E-state index contributed by atoms with van der Waals surface area (Å²) in [7, 11) is 0. The molecule has 1 unspecified atom stereocenters. The molecule has 140 valence electrons. The Balaban J connectivity index is 0.000000251. The second kappa shape index (κ2) is 10.8. The van der Waals surface area contributed by atoms with E-state index in [0.29, 0.717) is 0 Å². The number of carbonyl (C=O) groups is 2. The molecule has 1 fully saturated rings. The summed E-state index contributed by atoms with van der Waals surface area (Å²) in [5.41, 5.74) is 0.335. The standard InChI is InChI=1S/C10H22N2.C9H8O4/c1-3-4-10(2)9-12-7-5-11-6-8-12;1-5-6(8(10)11)3-2-4-7(5)9(12)13/h10-11H,3-9H2,1-2H3;2-4H,1H3,(H,10,11)(H,12,13). The molecule has 1 aliphatic heterocycles. The summed E-state index contributed by atoms with van der Waals surface area (Å²) in [6, 6.07) is 4.17. The van der Waals surface area contributed by atoms with Crippen LogP contribution < -0.4 is 5.32 Å². The van der Waals surface area contributed by atoms with Gasteiger partial charge in [-0.15, -0.1) is 0 Å². The van der Waals surface area contributed by atoms with Crippen LogP contribution in [0.3, 0.4) is 0 Å². The van der Waals surface area contributed by atoms with Crippen molar-refractivity contribution in [3.63, 3.8) is 0 Å². The average molecular weight is 350 g/mol. The number of nitrogens with one attached hydrogen (secondary N) is 1. The molecule has 1 aromatic rings. The van der Waals surface area contributed by atoms with Crippen LogP contribution in [0.5, 0.6) is 0 Å². The molecule has 25 heavy (non-hydrogen) atoms. The van der Waals surface area contributed by atoms with Crippen molar-refractivity contribution < 1.29 is 19.8 Å². The summed E-state index contributed by atoms with van der Waals surface area (Å²) in [4.78, 5) is 23.8. The summed E-state index contributed by atoms with van der Waals surface area (Å²) < 4.78 is 0. The maximum Gasteiger partial charge on any atom is 0.335 e. The molecule has 0 amide bonds. The van der Waals surface area contributed by atoms with Gasteiger partial charge in [0.05, 0.1) is 11.1 Å². The third kappa shape index (κ3) is 7.23. The number of aromatic carboxylic acids is 2. The Hall–Kier alpha value is -1.92. The van der Waals surface area contributed by atoms with Crippen LogP contribution in [-0.4, -0.2) is 59.8 Å². The molecular weight excluding hydrogens is 320 g/mol. The second-order valence-electron chi connectivity index (χ2n) is 6.53. The van der Waals surface area contributed by atoms with Gasteiger partial charge in [-0.3, -0.25) is 0 Å². The highest BCUT2D eigenvalue weighted by molar-refractivity contribution is 5.96. The predicted molar refractivity (Wildman–Crippen MR) is 98.5 cm³/mol. The average Bonchev–Trinajstić information content (AvgIpc) is 2.56. The Labute approximate surface area is 149 Å². The Morgan fingerprint density at radius 2 is 1.68 bits per heavy atom. The Kier molecular flexibility index (Phi) is 9.16. The number of hydrogen-bond acceptors (Lipinski definition) is 4. The molecule has 6 heteroatoms. The molecule has 1 atom stereocenters. The summed E-state index contributed by atoms with van der Waals surface area (Å²) in [6.07, 6.45) is 2.71. The molecule has 1 saturated heterocycles. The maximum absolute atomic E-state index is 10.6. The number of piperazine rings is 1. The van der Waals surface area contributed by atoms with Crippen LogP contribution in [0.25, 0.3) is 0 Å². The zero-order chi connectivity index (χ0) is 18.8. The van der Waals surface area contributed by atoms with Gasteiger partial charge < -0.3 is 20.4 Å². The maximum atomic E-state index is 10.6. The number of carboxylic acids is 2. The van der Waals surface area contributed by atoms with Crippen molar-refractivity contribution in [2.75, 3.05) is 32.7 Å². The van der Waals surface area contributed by atoms with Gasteiger partial charge in [0.25, 0.3) is 0 Å². The van der Waals surface area contributed by atoms with E-state index in [2.05, 4.69) is 24.1 Å². The van der Waals surface area contributed by atoms with E-state index in [-0.39, 0.29) is 16.7 Å². The minimum absolute atomic E-state index is 0.0277. The molecule has 0 aliphatic carbocycles. The normalized spacial score (nSPS) is 15.8. The Bertz CT molecular complexity index is 536. The van der Waals surface area contributed by atoms with Gasteiger partial charge >= 0.3 is 11.9 Å². The van der Waals surface area contributed by atoms with E-state index in [1.807, 2.05) is 0 Å². The topological polar surface area (TPSA) is 89.9 Å². The molecule has 6 nitrogen and oxygen atoms in total. The van der Waals surface area contributed by atoms with Crippen LogP contribution >= 0.6 is 0 Å². The van der Waals surface area contributed by atoms with Crippen molar-refractivity contribution in [1.82, 2.24) is 10.2 Å². The zero-order valence-electron chi connectivity index (χ0n) is 15.4. The zero-order valence-corrected chi connectivity index (χ0v) is 15.4. The molecule has 1 heterocycles. The van der Waals surface area contributed by atoms with E-state index in [4.69, 9.17) is 10.2 Å². The lowest BCUT2D eigenvalue weighted by atomic mass is 10.0. The first kappa shape index (κ1) is 21.1. The quantitative estimate of drug-likeness (QED) is 0.731. The number of rotatable bonds is 6. The van der Waals surface area contributed by atoms with Crippen molar-refractivity contribution in [2.24, 2.45) is 5.92 Å². The van der Waals surface area contributed by atoms with Crippen LogP contribution in [0.1, 0.15) is 53.0 Å². The number of nitrogens with zero attached hydrogens (tertiary/aromatic N) is 1. The third-order valence-corrected chi connectivity index (χ3v) is 4.36. The predicted octanol–water partition coefficient (Wildman–Crippen LogP) is 2.72. The van der Waals surface area contributed by atoms with E-state index in [1.165, 1.54) is 70.7 Å². The lowest BCUT2D eigenvalue weighted by Crippen LogP contribution is -2.45. The van der Waals surface area contributed by atoms with Gasteiger partial charge in [-0.2, -0.15) is 0 Å². The lowest BCUT2D eigenvalue weighted by molar-refractivity contribution is 0.0696. The molecule has 0 spiro atoms. The molecule has 0 radical (unpaired) electrons. The van der Waals surface area contributed by atoms with Gasteiger partial charge in [0.15, 0.2) is 0 Å². The SMILES string of the molecule is CCCC(C)CN1CCNCC1.Cc1c(C(=O)O)cccc1C(=O)O. The molecule has 0 saturated carbocycles. The van der Waals surface area contributed by atoms with Crippen LogP contribution in [0, 0.1) is 12.8 Å². The Morgan fingerprint density at radius 3 is 2.12 bits per heavy atom. The largest absolute Gasteiger partial charge is 0.478 e. The van der Waals surface area contributed by atoms with Gasteiger partial charge in [0.1, 0.15) is 0 Å². The summed E-state index contributed by atoms with van der Waals surface area (Å²) >= 11 is 0. The van der Waals surface area contributed by atoms with Crippen LogP contribution in [-0.2, 0) is 0 Å². The monoisotopic (exact) mass is 350 g/mol. The molecular formula is C19H30N2O4. The number of carboxylic acid groups (broad SMARTS) is 2. The van der Waals surface area contributed by atoms with E-state index < -0.39 is 11.9 Å². The third-order valence-electron chi connectivity index (χ3n) is 4.36. The van der Waals surface area contributed by atoms with Crippen molar-refractivity contribution >= 4 is 11.9 Å². The summed E-state index contributed by atoms with van der Waals surface area (Å²) in [5.74, 6) is -1.34. The molecule has 3 N–H and O–H groups in total. The fourth-order valence-electron chi connectivity index (χ4n) is 3.02. The van der Waals surface area contributed by atoms with Crippen molar-refractivity contribution in [2.45, 2.75) is 33.6 Å². The number of hydrogen-bond donors (Lipinski definition) is 3. The van der Waals surface area contributed by atoms with Gasteiger partial charge in [-0.1, -0.05) is 26.3 Å². The van der Waals surface area contributed by atoms with Crippen LogP contribution in [0.15, 0.2) is 18.2 Å². The summed E-state index contributed by atoms with van der Waals surface area (Å²) in [6.45, 7) is 12.3. The second-order valence-corrected chi connectivity index (χ2v) is 6.53. The van der Waals surface area contributed by atoms with E-state index in [0.717, 1.165) is 5.92 Å². The number of benzene rings is 1. The van der Waals surface area contributed by atoms with Crippen molar-refractivity contribution in [3.8, 4) is 0 Å². The first-order valence-electron chi connectivity index (χ1n) is 8.86. The first-order chi connectivity index (χ1) is 11.9. The molecule has 0 aromatic heterocycles. The molecule has 2 rings (SSSR count). The fourth-order valence-corrected chi connectivity index (χ4v) is 3.02. The highest BCUT2D eigenvalue weighted by Gasteiger charge is 2.13. The van der Waals surface area contributed by atoms with E-state index in [9.17, 15) is 9.59 Å². The van der Waals surface area contributed by atoms with E-state index in [1.54, 1.807) is 0 Å². The smallest absolute Gasteiger partial charge is 0.335 e. The molecule has 1 aliphatic rings. The first-order valence-corrected chi connectivity index (χ1v) is 8.86. The summed E-state index contributed by atoms with van der Waals surface area (Å²) in [5, 5.41) is 20.7. The van der Waals surface area contributed by atoms with Gasteiger partial charge in [-0.25, -0.2) is 9.59 Å². The van der Waals surface area contributed by atoms with Crippen LogP contribution in [0.4, 0.5) is 0 Å². The van der Waals surface area contributed by atoms with Crippen molar-refractivity contribution in [3.05, 3.63) is 34.9 Å². The van der Waals surface area contributed by atoms with Crippen LogP contribution in [0.2, 0.25) is 0 Å². The Morgan fingerprint density at radius 1 is 1.16 bits per heavy atom. The molecule has 0 bridgehead atoms. The minimum Gasteiger partial charge on any atom is -0.478 e. The van der Waals surface area contributed by atoms with Gasteiger partial charge in [-0.05, 0) is 37.0 Å². The highest BCUT2D eigenvalue weighted by atomic mass is 16.4. The van der Waals surface area contributed by atoms with Gasteiger partial charge in [0.2, 0.25) is 0 Å². The van der Waals surface area contributed by atoms with E-state index >= 15 is 0 Å².